The van der Waals surface area contributed by atoms with Gasteiger partial charge in [0.25, 0.3) is 0 Å². The first-order valence-corrected chi connectivity index (χ1v) is 15.1. The molecule has 2 saturated heterocycles. The zero-order valence-electron chi connectivity index (χ0n) is 25.0. The average Bonchev–Trinajstić information content (AvgIpc) is 3.02. The van der Waals surface area contributed by atoms with Crippen LogP contribution in [0.3, 0.4) is 0 Å². The van der Waals surface area contributed by atoms with Gasteiger partial charge in [-0.3, -0.25) is 14.4 Å². The van der Waals surface area contributed by atoms with Crippen molar-refractivity contribution < 1.29 is 58.5 Å². The maximum Gasteiger partial charge on any atom is 0.202 e. The van der Waals surface area contributed by atoms with Crippen LogP contribution in [0.2, 0.25) is 0 Å². The Bertz CT molecular complexity index is 1520. The summed E-state index contributed by atoms with van der Waals surface area (Å²) in [4.78, 5) is 40.2. The Hall–Kier alpha value is -3.43. The van der Waals surface area contributed by atoms with Gasteiger partial charge in [0.2, 0.25) is 5.78 Å². The van der Waals surface area contributed by atoms with Gasteiger partial charge in [0.05, 0.1) is 36.0 Å². The van der Waals surface area contributed by atoms with E-state index in [1.54, 1.807) is 6.92 Å². The lowest BCUT2D eigenvalue weighted by Gasteiger charge is -2.43. The molecule has 45 heavy (non-hydrogen) atoms. The lowest BCUT2D eigenvalue weighted by Crippen LogP contribution is -2.55. The van der Waals surface area contributed by atoms with Crippen molar-refractivity contribution in [3.05, 3.63) is 51.6 Å². The first-order valence-electron chi connectivity index (χ1n) is 15.1. The van der Waals surface area contributed by atoms with E-state index in [0.29, 0.717) is 6.61 Å². The number of aliphatic hydroxyl groups is 2. The van der Waals surface area contributed by atoms with Crippen LogP contribution in [-0.2, 0) is 30.2 Å². The van der Waals surface area contributed by atoms with Gasteiger partial charge in [0, 0.05) is 48.6 Å². The van der Waals surface area contributed by atoms with Crippen molar-refractivity contribution in [3.63, 3.8) is 0 Å². The molecule has 0 amide bonds. The van der Waals surface area contributed by atoms with Gasteiger partial charge in [0.1, 0.15) is 35.6 Å². The standard InChI is InChI=1S/C32H37NO12/c1-14-31(45-21-8-3-4-9-42-21)17(33)10-22(43-14)44-19-12-32(40,20(35)13-34)11-16-24(19)30(39)26-25(28(16)37)27(36)15-6-5-7-18(41-2)23(15)29(26)38/h5-7,14,17,19,21-22,31,34,37,39-40H,3-4,8-13,33H2,1-2H3/t14-,17+,19+,21-,22+,31+,32+/m1/s1. The number of rotatable bonds is 7. The number of phenols is 2. The third-order valence-electron chi connectivity index (χ3n) is 9.22. The molecule has 13 nitrogen and oxygen atoms in total. The Labute approximate surface area is 258 Å². The monoisotopic (exact) mass is 627 g/mol. The number of hydrogen-bond donors (Lipinski definition) is 5. The van der Waals surface area contributed by atoms with E-state index in [9.17, 15) is 34.8 Å². The van der Waals surface area contributed by atoms with Gasteiger partial charge >= 0.3 is 0 Å². The van der Waals surface area contributed by atoms with Gasteiger partial charge < -0.3 is 49.8 Å². The summed E-state index contributed by atoms with van der Waals surface area (Å²) in [6, 6.07) is 3.86. The van der Waals surface area contributed by atoms with Gasteiger partial charge in [-0.15, -0.1) is 0 Å². The summed E-state index contributed by atoms with van der Waals surface area (Å²) in [6.45, 7) is 1.35. The van der Waals surface area contributed by atoms with E-state index in [4.69, 9.17) is 29.4 Å². The molecule has 0 saturated carbocycles. The molecule has 2 aromatic carbocycles. The highest BCUT2D eigenvalue weighted by atomic mass is 16.7. The predicted molar refractivity (Wildman–Crippen MR) is 154 cm³/mol. The third-order valence-corrected chi connectivity index (χ3v) is 9.22. The van der Waals surface area contributed by atoms with Gasteiger partial charge in [-0.25, -0.2) is 0 Å². The van der Waals surface area contributed by atoms with E-state index in [2.05, 4.69) is 0 Å². The van der Waals surface area contributed by atoms with Crippen LogP contribution >= 0.6 is 0 Å². The minimum atomic E-state index is -2.24. The Kier molecular flexibility index (Phi) is 8.46. The number of ether oxygens (including phenoxy) is 5. The number of carbonyl (C=O) groups excluding carboxylic acids is 3. The normalized spacial score (nSPS) is 31.1. The second-order valence-electron chi connectivity index (χ2n) is 12.1. The van der Waals surface area contributed by atoms with Crippen molar-refractivity contribution in [2.75, 3.05) is 20.3 Å². The number of aromatic hydroxyl groups is 2. The van der Waals surface area contributed by atoms with E-state index in [1.165, 1.54) is 25.3 Å². The summed E-state index contributed by atoms with van der Waals surface area (Å²) < 4.78 is 29.5. The number of nitrogens with two attached hydrogens (primary N) is 1. The molecule has 2 fully saturated rings. The van der Waals surface area contributed by atoms with Gasteiger partial charge in [-0.1, -0.05) is 12.1 Å². The van der Waals surface area contributed by atoms with Gasteiger partial charge in [0.15, 0.2) is 24.1 Å². The van der Waals surface area contributed by atoms with Gasteiger partial charge in [-0.05, 0) is 32.3 Å². The van der Waals surface area contributed by atoms with Crippen LogP contribution in [0.25, 0.3) is 0 Å². The SMILES string of the molecule is COc1cccc2c1C(=O)c1c(O)c3c(c(O)c1C2=O)C[C@@](O)(C(=O)CO)C[C@@H]3O[C@H]1C[C@H](N)[C@@H](O[C@@H]2CCCCO2)[C@@H](C)O1. The number of fused-ring (bicyclic) bond motifs is 3. The summed E-state index contributed by atoms with van der Waals surface area (Å²) in [5.41, 5.74) is 2.98. The molecule has 4 aliphatic rings. The van der Waals surface area contributed by atoms with Crippen molar-refractivity contribution in [2.45, 2.75) is 88.0 Å². The van der Waals surface area contributed by atoms with E-state index in [1.807, 2.05) is 0 Å². The Morgan fingerprint density at radius 3 is 2.49 bits per heavy atom. The average molecular weight is 628 g/mol. The molecule has 0 aromatic heterocycles. The number of Topliss-reactive ketones (excluding diaryl/α,β-unsaturated/α-hetero) is 1. The Balaban J connectivity index is 1.38. The highest BCUT2D eigenvalue weighted by molar-refractivity contribution is 6.31. The summed E-state index contributed by atoms with van der Waals surface area (Å²) >= 11 is 0. The quantitative estimate of drug-likeness (QED) is 0.236. The number of hydrogen-bond acceptors (Lipinski definition) is 13. The number of ketones is 3. The van der Waals surface area contributed by atoms with Crippen LogP contribution in [0.4, 0.5) is 0 Å². The van der Waals surface area contributed by atoms with E-state index < -0.39 is 102 Å². The van der Waals surface area contributed by atoms with Crippen LogP contribution in [0.15, 0.2) is 18.2 Å². The number of aliphatic hydroxyl groups excluding tert-OH is 1. The molecule has 7 atom stereocenters. The molecule has 13 heteroatoms. The molecule has 0 radical (unpaired) electrons. The lowest BCUT2D eigenvalue weighted by atomic mass is 9.72. The molecule has 2 aromatic rings. The number of benzene rings is 2. The van der Waals surface area contributed by atoms with Crippen molar-refractivity contribution in [1.82, 2.24) is 0 Å². The number of phenolic OH excluding ortho intramolecular Hbond substituents is 2. The van der Waals surface area contributed by atoms with Crippen LogP contribution < -0.4 is 10.5 Å². The highest BCUT2D eigenvalue weighted by Crippen LogP contribution is 2.52. The first-order chi connectivity index (χ1) is 21.5. The zero-order valence-corrected chi connectivity index (χ0v) is 25.0. The fraction of sp³-hybridized carbons (Fsp3) is 0.531. The molecule has 0 unspecified atom stereocenters. The third kappa shape index (κ3) is 5.31. The van der Waals surface area contributed by atoms with E-state index in [0.717, 1.165) is 19.3 Å². The molecule has 6 rings (SSSR count). The van der Waals surface area contributed by atoms with Crippen molar-refractivity contribution >= 4 is 17.3 Å². The second kappa shape index (κ2) is 12.1. The second-order valence-corrected chi connectivity index (χ2v) is 12.1. The predicted octanol–water partition coefficient (Wildman–Crippen LogP) is 1.55. The maximum atomic E-state index is 13.8. The fourth-order valence-corrected chi connectivity index (χ4v) is 6.95. The molecule has 2 aliphatic carbocycles. The molecule has 0 spiro atoms. The molecule has 6 N–H and O–H groups in total. The number of carbonyl (C=O) groups is 3. The minimum absolute atomic E-state index is 0.0409. The molecule has 2 heterocycles. The van der Waals surface area contributed by atoms with Crippen LogP contribution in [-0.4, -0.2) is 94.5 Å². The smallest absolute Gasteiger partial charge is 0.202 e. The van der Waals surface area contributed by atoms with E-state index >= 15 is 0 Å². The fourth-order valence-electron chi connectivity index (χ4n) is 6.95. The summed E-state index contributed by atoms with van der Waals surface area (Å²) in [5.74, 6) is -3.67. The largest absolute Gasteiger partial charge is 0.507 e. The van der Waals surface area contributed by atoms with Crippen LogP contribution in [0, 0.1) is 0 Å². The molecular weight excluding hydrogens is 590 g/mol. The summed E-state index contributed by atoms with van der Waals surface area (Å²) in [7, 11) is 1.34. The Morgan fingerprint density at radius 2 is 1.82 bits per heavy atom. The molecule has 2 aliphatic heterocycles. The van der Waals surface area contributed by atoms with Crippen LogP contribution in [0.1, 0.15) is 88.1 Å². The summed E-state index contributed by atoms with van der Waals surface area (Å²) in [6.07, 6.45) is -2.03. The zero-order chi connectivity index (χ0) is 32.2. The molecular formula is C32H37NO12. The minimum Gasteiger partial charge on any atom is -0.507 e. The van der Waals surface area contributed by atoms with E-state index in [-0.39, 0.29) is 34.4 Å². The maximum absolute atomic E-state index is 13.8. The topological polar surface area (TPSA) is 204 Å². The van der Waals surface area contributed by atoms with Crippen molar-refractivity contribution in [2.24, 2.45) is 5.73 Å². The number of methoxy groups -OCH3 is 1. The Morgan fingerprint density at radius 1 is 1.07 bits per heavy atom. The molecule has 0 bridgehead atoms. The van der Waals surface area contributed by atoms with Crippen molar-refractivity contribution in [1.29, 1.82) is 0 Å². The molecule has 242 valence electrons. The summed E-state index contributed by atoms with van der Waals surface area (Å²) in [5, 5.41) is 44.2. The van der Waals surface area contributed by atoms with Gasteiger partial charge in [-0.2, -0.15) is 0 Å². The lowest BCUT2D eigenvalue weighted by molar-refractivity contribution is -0.281. The van der Waals surface area contributed by atoms with Crippen LogP contribution in [0.5, 0.6) is 17.2 Å². The highest BCUT2D eigenvalue weighted by Gasteiger charge is 2.50. The van der Waals surface area contributed by atoms with Crippen molar-refractivity contribution in [3.8, 4) is 17.2 Å². The first kappa shape index (κ1) is 31.5.